The molecule has 1 atom stereocenters. The molecule has 94 valence electrons. The predicted octanol–water partition coefficient (Wildman–Crippen LogP) is 2.65. The summed E-state index contributed by atoms with van der Waals surface area (Å²) in [7, 11) is 0. The van der Waals surface area contributed by atoms with Gasteiger partial charge in [0.25, 0.3) is 0 Å². The molecular formula is C13H17F2NO. The topological polar surface area (TPSA) is 21.3 Å². The van der Waals surface area contributed by atoms with Crippen LogP contribution in [0.25, 0.3) is 0 Å². The lowest BCUT2D eigenvalue weighted by molar-refractivity contribution is -0.00633. The molecule has 2 rings (SSSR count). The van der Waals surface area contributed by atoms with Crippen LogP contribution in [0.1, 0.15) is 25.0 Å². The summed E-state index contributed by atoms with van der Waals surface area (Å²) in [6, 6.07) is 4.02. The molecule has 0 spiro atoms. The van der Waals surface area contributed by atoms with Gasteiger partial charge in [0.05, 0.1) is 6.10 Å². The van der Waals surface area contributed by atoms with Crippen LogP contribution in [0.3, 0.4) is 0 Å². The average molecular weight is 241 g/mol. The number of nitrogens with one attached hydrogen (secondary N) is 1. The molecule has 1 aromatic carbocycles. The molecule has 1 aliphatic heterocycles. The van der Waals surface area contributed by atoms with E-state index >= 15 is 0 Å². The fourth-order valence-electron chi connectivity index (χ4n) is 1.96. The summed E-state index contributed by atoms with van der Waals surface area (Å²) in [4.78, 5) is 0. The number of benzene rings is 1. The molecule has 1 saturated heterocycles. The van der Waals surface area contributed by atoms with E-state index in [9.17, 15) is 8.78 Å². The zero-order valence-electron chi connectivity index (χ0n) is 9.88. The van der Waals surface area contributed by atoms with Crippen molar-refractivity contribution in [2.75, 3.05) is 19.7 Å². The summed E-state index contributed by atoms with van der Waals surface area (Å²) in [5.41, 5.74) is 0.726. The van der Waals surface area contributed by atoms with Gasteiger partial charge >= 0.3 is 0 Å². The lowest BCUT2D eigenvalue weighted by Gasteiger charge is -2.34. The molecule has 4 heteroatoms. The van der Waals surface area contributed by atoms with Gasteiger partial charge in [-0.15, -0.1) is 0 Å². The minimum Gasteiger partial charge on any atom is -0.373 e. The van der Waals surface area contributed by atoms with E-state index in [1.807, 2.05) is 6.92 Å². The number of hydrogen-bond donors (Lipinski definition) is 1. The number of hydrogen-bond acceptors (Lipinski definition) is 2. The second-order valence-corrected chi connectivity index (χ2v) is 4.38. The van der Waals surface area contributed by atoms with E-state index in [2.05, 4.69) is 5.32 Å². The Morgan fingerprint density at radius 2 is 2.12 bits per heavy atom. The number of halogens is 2. The Bertz CT molecular complexity index is 380. The van der Waals surface area contributed by atoms with E-state index in [0.717, 1.165) is 25.1 Å². The van der Waals surface area contributed by atoms with Gasteiger partial charge in [-0.05, 0) is 24.1 Å². The summed E-state index contributed by atoms with van der Waals surface area (Å²) in [6.07, 6.45) is 0.784. The minimum absolute atomic E-state index is 0.133. The van der Waals surface area contributed by atoms with Crippen LogP contribution in [-0.2, 0) is 4.74 Å². The van der Waals surface area contributed by atoms with Crippen LogP contribution in [0.4, 0.5) is 8.78 Å². The van der Waals surface area contributed by atoms with Crippen molar-refractivity contribution < 1.29 is 13.5 Å². The first kappa shape index (κ1) is 12.5. The molecule has 1 aliphatic rings. The third kappa shape index (κ3) is 2.82. The lowest BCUT2D eigenvalue weighted by Crippen LogP contribution is -2.46. The van der Waals surface area contributed by atoms with Crippen molar-refractivity contribution >= 4 is 0 Å². The van der Waals surface area contributed by atoms with Crippen LogP contribution in [0.15, 0.2) is 18.2 Å². The fourth-order valence-corrected chi connectivity index (χ4v) is 1.96. The highest BCUT2D eigenvalue weighted by molar-refractivity contribution is 5.21. The van der Waals surface area contributed by atoms with Gasteiger partial charge in [-0.25, -0.2) is 8.78 Å². The molecule has 0 amide bonds. The van der Waals surface area contributed by atoms with Gasteiger partial charge in [-0.2, -0.15) is 0 Å². The largest absolute Gasteiger partial charge is 0.373 e. The van der Waals surface area contributed by atoms with Gasteiger partial charge in [0.1, 0.15) is 0 Å². The maximum atomic E-state index is 13.2. The molecule has 17 heavy (non-hydrogen) atoms. The first-order valence-electron chi connectivity index (χ1n) is 5.99. The average Bonchev–Trinajstić information content (AvgIpc) is 2.25. The zero-order valence-corrected chi connectivity index (χ0v) is 9.88. The van der Waals surface area contributed by atoms with Crippen molar-refractivity contribution in [3.63, 3.8) is 0 Å². The monoisotopic (exact) mass is 241 g/mol. The third-order valence-electron chi connectivity index (χ3n) is 3.01. The number of ether oxygens (including phenoxy) is 1. The Hall–Kier alpha value is -1.00. The van der Waals surface area contributed by atoms with E-state index in [0.29, 0.717) is 12.5 Å². The van der Waals surface area contributed by atoms with Crippen molar-refractivity contribution in [1.82, 2.24) is 5.32 Å². The molecule has 2 nitrogen and oxygen atoms in total. The van der Waals surface area contributed by atoms with Crippen molar-refractivity contribution in [3.8, 4) is 0 Å². The van der Waals surface area contributed by atoms with Gasteiger partial charge in [-0.1, -0.05) is 13.0 Å². The van der Waals surface area contributed by atoms with E-state index in [1.54, 1.807) is 6.07 Å². The molecule has 1 N–H and O–H groups in total. The van der Waals surface area contributed by atoms with Crippen molar-refractivity contribution in [3.05, 3.63) is 35.4 Å². The van der Waals surface area contributed by atoms with Gasteiger partial charge in [0, 0.05) is 25.6 Å². The first-order chi connectivity index (χ1) is 8.22. The van der Waals surface area contributed by atoms with Crippen LogP contribution in [-0.4, -0.2) is 19.7 Å². The number of rotatable bonds is 5. The molecule has 1 fully saturated rings. The van der Waals surface area contributed by atoms with Crippen LogP contribution < -0.4 is 5.32 Å². The van der Waals surface area contributed by atoms with Crippen molar-refractivity contribution in [1.29, 1.82) is 0 Å². The smallest absolute Gasteiger partial charge is 0.159 e. The molecule has 0 saturated carbocycles. The summed E-state index contributed by atoms with van der Waals surface area (Å²) >= 11 is 0. The highest BCUT2D eigenvalue weighted by Gasteiger charge is 2.29. The Kier molecular flexibility index (Phi) is 4.07. The molecular weight excluding hydrogens is 224 g/mol. The van der Waals surface area contributed by atoms with E-state index in [1.165, 1.54) is 12.1 Å². The van der Waals surface area contributed by atoms with E-state index < -0.39 is 11.6 Å². The summed E-state index contributed by atoms with van der Waals surface area (Å²) in [5.74, 6) is -1.26. The molecule has 1 aromatic rings. The van der Waals surface area contributed by atoms with Gasteiger partial charge in [0.2, 0.25) is 0 Å². The van der Waals surface area contributed by atoms with Gasteiger partial charge in [-0.3, -0.25) is 0 Å². The predicted molar refractivity (Wildman–Crippen MR) is 61.7 cm³/mol. The second-order valence-electron chi connectivity index (χ2n) is 4.38. The van der Waals surface area contributed by atoms with Gasteiger partial charge in [0.15, 0.2) is 11.6 Å². The van der Waals surface area contributed by atoms with Crippen molar-refractivity contribution in [2.24, 2.45) is 5.92 Å². The zero-order chi connectivity index (χ0) is 12.3. The maximum Gasteiger partial charge on any atom is 0.159 e. The second kappa shape index (κ2) is 5.56. The maximum absolute atomic E-state index is 13.2. The normalized spacial score (nSPS) is 17.8. The molecule has 1 unspecified atom stereocenters. The summed E-state index contributed by atoms with van der Waals surface area (Å²) in [6.45, 7) is 4.41. The van der Waals surface area contributed by atoms with Gasteiger partial charge < -0.3 is 10.1 Å². The van der Waals surface area contributed by atoms with Crippen LogP contribution >= 0.6 is 0 Å². The Morgan fingerprint density at radius 1 is 1.35 bits per heavy atom. The van der Waals surface area contributed by atoms with Crippen LogP contribution in [0.2, 0.25) is 0 Å². The Labute approximate surface area is 100.0 Å². The molecule has 0 aliphatic carbocycles. The Balaban J connectivity index is 2.15. The lowest BCUT2D eigenvalue weighted by atomic mass is 9.91. The minimum atomic E-state index is -0.810. The highest BCUT2D eigenvalue weighted by Crippen LogP contribution is 2.29. The van der Waals surface area contributed by atoms with Crippen molar-refractivity contribution in [2.45, 2.75) is 19.4 Å². The SMILES string of the molecule is CCCOC(c1ccc(F)c(F)c1)C1CNC1. The quantitative estimate of drug-likeness (QED) is 0.855. The Morgan fingerprint density at radius 3 is 2.65 bits per heavy atom. The third-order valence-corrected chi connectivity index (χ3v) is 3.01. The van der Waals surface area contributed by atoms with Crippen LogP contribution in [0.5, 0.6) is 0 Å². The first-order valence-corrected chi connectivity index (χ1v) is 5.99. The van der Waals surface area contributed by atoms with E-state index in [4.69, 9.17) is 4.74 Å². The summed E-state index contributed by atoms with van der Waals surface area (Å²) in [5, 5.41) is 3.17. The highest BCUT2D eigenvalue weighted by atomic mass is 19.2. The molecule has 0 radical (unpaired) electrons. The van der Waals surface area contributed by atoms with E-state index in [-0.39, 0.29) is 6.10 Å². The summed E-state index contributed by atoms with van der Waals surface area (Å²) < 4.78 is 31.8. The molecule has 0 bridgehead atoms. The molecule has 0 aromatic heterocycles. The standard InChI is InChI=1S/C13H17F2NO/c1-2-5-17-13(10-7-16-8-10)9-3-4-11(14)12(15)6-9/h3-4,6,10,13,16H,2,5,7-8H2,1H3. The van der Waals surface area contributed by atoms with Crippen LogP contribution in [0, 0.1) is 17.6 Å². The fraction of sp³-hybridized carbons (Fsp3) is 0.538. The molecule has 1 heterocycles.